The minimum absolute atomic E-state index is 0.0505. The first-order valence-corrected chi connectivity index (χ1v) is 10.4. The normalized spacial score (nSPS) is 16.8. The number of carboxylic acids is 1. The summed E-state index contributed by atoms with van der Waals surface area (Å²) in [6, 6.07) is 10.1. The molecule has 3 rings (SSSR count). The first kappa shape index (κ1) is 19.9. The third-order valence-electron chi connectivity index (χ3n) is 4.84. The van der Waals surface area contributed by atoms with E-state index in [1.54, 1.807) is 37.3 Å². The highest BCUT2D eigenvalue weighted by molar-refractivity contribution is 8.00. The highest BCUT2D eigenvalue weighted by Crippen LogP contribution is 2.49. The molecule has 0 fully saturated rings. The van der Waals surface area contributed by atoms with E-state index < -0.39 is 33.4 Å². The maximum Gasteiger partial charge on any atom is 0.310 e. The molecule has 28 heavy (non-hydrogen) atoms. The lowest BCUT2D eigenvalue weighted by atomic mass is 9.93. The fourth-order valence-corrected chi connectivity index (χ4v) is 4.82. The smallest absolute Gasteiger partial charge is 0.310 e. The molecule has 1 N–H and O–H groups in total. The Hall–Kier alpha value is -2.80. The van der Waals surface area contributed by atoms with Crippen LogP contribution >= 0.6 is 0 Å². The Morgan fingerprint density at radius 2 is 1.57 bits per heavy atom. The van der Waals surface area contributed by atoms with E-state index >= 15 is 0 Å². The Morgan fingerprint density at radius 3 is 2.07 bits per heavy atom. The van der Waals surface area contributed by atoms with Gasteiger partial charge in [-0.05, 0) is 53.8 Å². The zero-order chi connectivity index (χ0) is 20.8. The van der Waals surface area contributed by atoms with Gasteiger partial charge in [0.05, 0.1) is 10.8 Å². The Morgan fingerprint density at radius 1 is 1.04 bits per heavy atom. The molecule has 0 heterocycles. The van der Waals surface area contributed by atoms with E-state index in [1.165, 1.54) is 6.92 Å². The molecule has 0 spiro atoms. The average Bonchev–Trinajstić information content (AvgIpc) is 2.86. The maximum atomic E-state index is 14.0. The van der Waals surface area contributed by atoms with Crippen molar-refractivity contribution in [1.82, 2.24) is 0 Å². The van der Waals surface area contributed by atoms with Gasteiger partial charge in [-0.2, -0.15) is 0 Å². The molecule has 2 aromatic carbocycles. The lowest BCUT2D eigenvalue weighted by Gasteiger charge is -2.13. The Bertz CT molecular complexity index is 1150. The lowest BCUT2D eigenvalue weighted by Crippen LogP contribution is -2.11. The molecule has 1 aliphatic rings. The van der Waals surface area contributed by atoms with E-state index in [1.807, 2.05) is 0 Å². The van der Waals surface area contributed by atoms with Crippen LogP contribution in [0.15, 0.2) is 48.0 Å². The van der Waals surface area contributed by atoms with Crippen LogP contribution in [-0.2, 0) is 14.6 Å². The summed E-state index contributed by atoms with van der Waals surface area (Å²) in [6.45, 7) is 3.01. The predicted molar refractivity (Wildman–Crippen MR) is 104 cm³/mol. The fourth-order valence-electron chi connectivity index (χ4n) is 3.62. The van der Waals surface area contributed by atoms with Gasteiger partial charge in [0, 0.05) is 11.8 Å². The van der Waals surface area contributed by atoms with E-state index in [0.29, 0.717) is 11.1 Å². The third-order valence-corrected chi connectivity index (χ3v) is 6.02. The molecule has 4 nitrogen and oxygen atoms in total. The van der Waals surface area contributed by atoms with E-state index in [0.717, 1.165) is 18.4 Å². The molecule has 0 aromatic heterocycles. The number of hydrogen-bond acceptors (Lipinski definition) is 3. The van der Waals surface area contributed by atoms with Gasteiger partial charge in [-0.3, -0.25) is 4.79 Å². The standard InChI is InChI=1S/C21H18F2O4S/c1-11-18(12(2)21(24)25)14-9-16(22)17(23)10-15(14)19(11)20(28(3,26)27)13-7-5-4-6-8-13/h4-10,12H,1-3H3,(H,24,25). The molecule has 7 heteroatoms. The van der Waals surface area contributed by atoms with Crippen molar-refractivity contribution in [3.05, 3.63) is 76.4 Å². The highest BCUT2D eigenvalue weighted by Gasteiger charge is 2.35. The van der Waals surface area contributed by atoms with Crippen molar-refractivity contribution in [2.45, 2.75) is 13.8 Å². The predicted octanol–water partition coefficient (Wildman–Crippen LogP) is 4.39. The van der Waals surface area contributed by atoms with Gasteiger partial charge in [0.25, 0.3) is 0 Å². The zero-order valence-electron chi connectivity index (χ0n) is 15.5. The second-order valence-electron chi connectivity index (χ2n) is 6.75. The van der Waals surface area contributed by atoms with Gasteiger partial charge in [-0.25, -0.2) is 17.2 Å². The molecule has 2 aromatic rings. The Kier molecular flexibility index (Phi) is 4.97. The molecule has 0 saturated heterocycles. The monoisotopic (exact) mass is 404 g/mol. The molecule has 1 aliphatic carbocycles. The van der Waals surface area contributed by atoms with Crippen LogP contribution in [0, 0.1) is 17.6 Å². The summed E-state index contributed by atoms with van der Waals surface area (Å²) < 4.78 is 53.3. The van der Waals surface area contributed by atoms with Crippen molar-refractivity contribution in [3.8, 4) is 0 Å². The van der Waals surface area contributed by atoms with Crippen molar-refractivity contribution in [3.63, 3.8) is 0 Å². The van der Waals surface area contributed by atoms with Gasteiger partial charge in [-0.1, -0.05) is 30.3 Å². The summed E-state index contributed by atoms with van der Waals surface area (Å²) in [7, 11) is -3.79. The number of halogens is 2. The summed E-state index contributed by atoms with van der Waals surface area (Å²) in [5, 5.41) is 9.48. The van der Waals surface area contributed by atoms with Crippen molar-refractivity contribution in [1.29, 1.82) is 0 Å². The van der Waals surface area contributed by atoms with Gasteiger partial charge < -0.3 is 5.11 Å². The second kappa shape index (κ2) is 6.98. The molecule has 0 amide bonds. The Balaban J connectivity index is 2.51. The molecule has 1 unspecified atom stereocenters. The quantitative estimate of drug-likeness (QED) is 0.821. The molecule has 1 atom stereocenters. The van der Waals surface area contributed by atoms with Crippen LogP contribution in [-0.4, -0.2) is 25.7 Å². The first-order chi connectivity index (χ1) is 13.0. The molecular weight excluding hydrogens is 386 g/mol. The number of benzene rings is 2. The third kappa shape index (κ3) is 3.26. The lowest BCUT2D eigenvalue weighted by molar-refractivity contribution is -0.139. The number of hydrogen-bond donors (Lipinski definition) is 1. The van der Waals surface area contributed by atoms with Gasteiger partial charge in [0.15, 0.2) is 21.5 Å². The average molecular weight is 404 g/mol. The van der Waals surface area contributed by atoms with E-state index in [-0.39, 0.29) is 27.2 Å². The SMILES string of the molecule is CC1=C(C(C)C(=O)O)c2cc(F)c(F)cc2C1=C(c1ccccc1)S(C)(=O)=O. The molecule has 0 bridgehead atoms. The molecule has 0 saturated carbocycles. The number of fused-ring (bicyclic) bond motifs is 1. The molecule has 0 aliphatic heterocycles. The van der Waals surface area contributed by atoms with Crippen LogP contribution in [0.4, 0.5) is 8.78 Å². The molecular formula is C21H18F2O4S. The van der Waals surface area contributed by atoms with Gasteiger partial charge >= 0.3 is 5.97 Å². The summed E-state index contributed by atoms with van der Waals surface area (Å²) in [5.74, 6) is -4.43. The number of sulfone groups is 1. The molecule has 146 valence electrons. The van der Waals surface area contributed by atoms with Crippen molar-refractivity contribution in [2.75, 3.05) is 6.26 Å². The maximum absolute atomic E-state index is 14.0. The van der Waals surface area contributed by atoms with E-state index in [4.69, 9.17) is 0 Å². The van der Waals surface area contributed by atoms with Crippen LogP contribution in [0.3, 0.4) is 0 Å². The topological polar surface area (TPSA) is 71.4 Å². The van der Waals surface area contributed by atoms with Crippen molar-refractivity contribution in [2.24, 2.45) is 5.92 Å². The van der Waals surface area contributed by atoms with Gasteiger partial charge in [0.1, 0.15) is 0 Å². The van der Waals surface area contributed by atoms with Crippen LogP contribution in [0.2, 0.25) is 0 Å². The number of carbonyl (C=O) groups is 1. The molecule has 0 radical (unpaired) electrons. The Labute approximate surface area is 161 Å². The van der Waals surface area contributed by atoms with Gasteiger partial charge in [-0.15, -0.1) is 0 Å². The number of carboxylic acid groups (broad SMARTS) is 1. The fraction of sp³-hybridized carbons (Fsp3) is 0.190. The largest absolute Gasteiger partial charge is 0.481 e. The second-order valence-corrected chi connectivity index (χ2v) is 8.71. The minimum atomic E-state index is -3.79. The first-order valence-electron chi connectivity index (χ1n) is 8.47. The summed E-state index contributed by atoms with van der Waals surface area (Å²) in [4.78, 5) is 11.6. The highest BCUT2D eigenvalue weighted by atomic mass is 32.2. The summed E-state index contributed by atoms with van der Waals surface area (Å²) in [5.41, 5.74) is 1.60. The van der Waals surface area contributed by atoms with Crippen LogP contribution in [0.1, 0.15) is 30.5 Å². The van der Waals surface area contributed by atoms with E-state index in [9.17, 15) is 27.1 Å². The number of allylic oxidation sites excluding steroid dienone is 2. The minimum Gasteiger partial charge on any atom is -0.481 e. The summed E-state index contributed by atoms with van der Waals surface area (Å²) >= 11 is 0. The zero-order valence-corrected chi connectivity index (χ0v) is 16.3. The van der Waals surface area contributed by atoms with Gasteiger partial charge in [0.2, 0.25) is 0 Å². The van der Waals surface area contributed by atoms with E-state index in [2.05, 4.69) is 0 Å². The van der Waals surface area contributed by atoms with Crippen molar-refractivity contribution < 1.29 is 27.1 Å². The van der Waals surface area contributed by atoms with Crippen molar-refractivity contribution >= 4 is 31.9 Å². The van der Waals surface area contributed by atoms with Crippen LogP contribution < -0.4 is 0 Å². The van der Waals surface area contributed by atoms with Crippen LogP contribution in [0.5, 0.6) is 0 Å². The number of aliphatic carboxylic acids is 1. The number of rotatable bonds is 4. The van der Waals surface area contributed by atoms with Crippen LogP contribution in [0.25, 0.3) is 16.1 Å². The summed E-state index contributed by atoms with van der Waals surface area (Å²) in [6.07, 6.45) is 1.04.